The predicted molar refractivity (Wildman–Crippen MR) is 79.3 cm³/mol. The van der Waals surface area contributed by atoms with Crippen LogP contribution in [0.25, 0.3) is 0 Å². The van der Waals surface area contributed by atoms with Crippen molar-refractivity contribution >= 4 is 17.6 Å². The molecule has 128 valence electrons. The molecular weight excluding hydrogens is 313 g/mol. The van der Waals surface area contributed by atoms with E-state index in [9.17, 15) is 22.8 Å². The van der Waals surface area contributed by atoms with Crippen LogP contribution in [0.2, 0.25) is 0 Å². The minimum absolute atomic E-state index is 0.112. The van der Waals surface area contributed by atoms with Crippen molar-refractivity contribution in [2.24, 2.45) is 5.73 Å². The third-order valence-electron chi connectivity index (χ3n) is 2.66. The van der Waals surface area contributed by atoms with E-state index in [4.69, 9.17) is 10.5 Å². The summed E-state index contributed by atoms with van der Waals surface area (Å²) in [5, 5.41) is 2.18. The Morgan fingerprint density at radius 2 is 1.78 bits per heavy atom. The van der Waals surface area contributed by atoms with Crippen molar-refractivity contribution in [1.82, 2.24) is 0 Å². The summed E-state index contributed by atoms with van der Waals surface area (Å²) < 4.78 is 43.4. The van der Waals surface area contributed by atoms with E-state index in [1.165, 1.54) is 6.92 Å². The molecule has 0 spiro atoms. The molecule has 1 aromatic rings. The second-order valence-corrected chi connectivity index (χ2v) is 6.04. The molecule has 0 fully saturated rings. The van der Waals surface area contributed by atoms with E-state index in [-0.39, 0.29) is 11.3 Å². The summed E-state index contributed by atoms with van der Waals surface area (Å²) in [7, 11) is 0. The first kappa shape index (κ1) is 19.0. The number of hydrogen-bond acceptors (Lipinski definition) is 4. The number of nitrogens with one attached hydrogen (secondary N) is 1. The number of ketones is 1. The topological polar surface area (TPSA) is 81.4 Å². The Bertz CT molecular complexity index is 605. The van der Waals surface area contributed by atoms with E-state index in [2.05, 4.69) is 5.32 Å². The zero-order valence-electron chi connectivity index (χ0n) is 13.2. The van der Waals surface area contributed by atoms with Crippen molar-refractivity contribution in [2.45, 2.75) is 45.5 Å². The lowest BCUT2D eigenvalue weighted by Gasteiger charge is -2.21. The van der Waals surface area contributed by atoms with Crippen LogP contribution in [0.3, 0.4) is 0 Å². The number of alkyl halides is 3. The molecule has 1 aromatic carbocycles. The molecular formula is C15H19F3N2O3. The van der Waals surface area contributed by atoms with Gasteiger partial charge in [0, 0.05) is 5.56 Å². The summed E-state index contributed by atoms with van der Waals surface area (Å²) >= 11 is 0. The number of amides is 1. The smallest absolute Gasteiger partial charge is 0.416 e. The first-order valence-corrected chi connectivity index (χ1v) is 6.82. The maximum Gasteiger partial charge on any atom is 0.416 e. The first-order chi connectivity index (χ1) is 10.3. The van der Waals surface area contributed by atoms with Gasteiger partial charge in [0.15, 0.2) is 5.78 Å². The van der Waals surface area contributed by atoms with Gasteiger partial charge in [0.05, 0.1) is 17.3 Å². The normalized spacial score (nSPS) is 13.4. The van der Waals surface area contributed by atoms with Gasteiger partial charge in [-0.25, -0.2) is 4.79 Å². The summed E-state index contributed by atoms with van der Waals surface area (Å²) in [4.78, 5) is 23.8. The Labute approximate surface area is 132 Å². The van der Waals surface area contributed by atoms with Gasteiger partial charge in [0.1, 0.15) is 5.60 Å². The SMILES string of the molecule is CC(N)C(=O)c1ccc(C(F)(F)F)cc1NC(=O)OC(C)(C)C. The molecule has 23 heavy (non-hydrogen) atoms. The largest absolute Gasteiger partial charge is 0.444 e. The molecule has 0 aliphatic carbocycles. The molecule has 8 heteroatoms. The van der Waals surface area contributed by atoms with Crippen LogP contribution in [-0.4, -0.2) is 23.5 Å². The molecule has 5 nitrogen and oxygen atoms in total. The van der Waals surface area contributed by atoms with E-state index in [1.54, 1.807) is 20.8 Å². The highest BCUT2D eigenvalue weighted by Crippen LogP contribution is 2.32. The van der Waals surface area contributed by atoms with Crippen molar-refractivity contribution in [3.8, 4) is 0 Å². The Morgan fingerprint density at radius 3 is 2.22 bits per heavy atom. The average molecular weight is 332 g/mol. The van der Waals surface area contributed by atoms with Crippen LogP contribution in [0.1, 0.15) is 43.6 Å². The van der Waals surface area contributed by atoms with Gasteiger partial charge < -0.3 is 10.5 Å². The number of Topliss-reactive ketones (excluding diaryl/α,β-unsaturated/α-hetero) is 1. The fraction of sp³-hybridized carbons (Fsp3) is 0.467. The second-order valence-electron chi connectivity index (χ2n) is 6.04. The zero-order valence-corrected chi connectivity index (χ0v) is 13.2. The quantitative estimate of drug-likeness (QED) is 0.829. The van der Waals surface area contributed by atoms with Gasteiger partial charge >= 0.3 is 12.3 Å². The maximum absolute atomic E-state index is 12.8. The monoisotopic (exact) mass is 332 g/mol. The Hall–Kier alpha value is -2.09. The summed E-state index contributed by atoms with van der Waals surface area (Å²) in [6.45, 7) is 6.21. The van der Waals surface area contributed by atoms with Gasteiger partial charge in [-0.1, -0.05) is 0 Å². The highest BCUT2D eigenvalue weighted by atomic mass is 19.4. The van der Waals surface area contributed by atoms with Gasteiger partial charge in [-0.2, -0.15) is 13.2 Å². The van der Waals surface area contributed by atoms with E-state index in [1.807, 2.05) is 0 Å². The van der Waals surface area contributed by atoms with Gasteiger partial charge in [-0.05, 0) is 45.9 Å². The number of rotatable bonds is 3. The van der Waals surface area contributed by atoms with Crippen molar-refractivity contribution in [1.29, 1.82) is 0 Å². The number of carbonyl (C=O) groups is 2. The Kier molecular flexibility index (Phi) is 5.42. The van der Waals surface area contributed by atoms with Crippen molar-refractivity contribution in [3.05, 3.63) is 29.3 Å². The molecule has 0 radical (unpaired) electrons. The van der Waals surface area contributed by atoms with Crippen LogP contribution in [0, 0.1) is 0 Å². The molecule has 0 aromatic heterocycles. The van der Waals surface area contributed by atoms with Crippen LogP contribution in [0.5, 0.6) is 0 Å². The van der Waals surface area contributed by atoms with Crippen LogP contribution in [0.15, 0.2) is 18.2 Å². The third-order valence-corrected chi connectivity index (χ3v) is 2.66. The molecule has 3 N–H and O–H groups in total. The Balaban J connectivity index is 3.23. The molecule has 0 heterocycles. The van der Waals surface area contributed by atoms with E-state index in [0.717, 1.165) is 12.1 Å². The zero-order chi connectivity index (χ0) is 18.0. The summed E-state index contributed by atoms with van der Waals surface area (Å²) in [6, 6.07) is 1.50. The Morgan fingerprint density at radius 1 is 1.22 bits per heavy atom. The fourth-order valence-corrected chi connectivity index (χ4v) is 1.70. The minimum Gasteiger partial charge on any atom is -0.444 e. The third kappa shape index (κ3) is 5.55. The molecule has 1 unspecified atom stereocenters. The lowest BCUT2D eigenvalue weighted by atomic mass is 10.0. The molecule has 1 rings (SSSR count). The standard InChI is InChI=1S/C15H19F3N2O3/c1-8(19)12(21)10-6-5-9(15(16,17)18)7-11(10)20-13(22)23-14(2,3)4/h5-8H,19H2,1-4H3,(H,20,22). The van der Waals surface area contributed by atoms with Gasteiger partial charge in [-0.15, -0.1) is 0 Å². The highest BCUT2D eigenvalue weighted by molar-refractivity contribution is 6.06. The maximum atomic E-state index is 12.8. The van der Waals surface area contributed by atoms with Crippen LogP contribution in [-0.2, 0) is 10.9 Å². The van der Waals surface area contributed by atoms with E-state index >= 15 is 0 Å². The number of carbonyl (C=O) groups excluding carboxylic acids is 2. The number of ether oxygens (including phenoxy) is 1. The predicted octanol–water partition coefficient (Wildman–Crippen LogP) is 3.58. The average Bonchev–Trinajstić information content (AvgIpc) is 2.34. The molecule has 0 bridgehead atoms. The molecule has 1 amide bonds. The summed E-state index contributed by atoms with van der Waals surface area (Å²) in [5.74, 6) is -0.593. The first-order valence-electron chi connectivity index (χ1n) is 6.82. The molecule has 1 atom stereocenters. The summed E-state index contributed by atoms with van der Waals surface area (Å²) in [5.41, 5.74) is 3.24. The molecule has 0 saturated heterocycles. The van der Waals surface area contributed by atoms with Crippen molar-refractivity contribution in [2.75, 3.05) is 5.32 Å². The number of anilines is 1. The number of nitrogens with two attached hydrogens (primary N) is 1. The van der Waals surface area contributed by atoms with Gasteiger partial charge in [0.25, 0.3) is 0 Å². The highest BCUT2D eigenvalue weighted by Gasteiger charge is 2.32. The van der Waals surface area contributed by atoms with E-state index < -0.39 is 35.3 Å². The summed E-state index contributed by atoms with van der Waals surface area (Å²) in [6.07, 6.45) is -5.57. The van der Waals surface area contributed by atoms with Gasteiger partial charge in [-0.3, -0.25) is 10.1 Å². The van der Waals surface area contributed by atoms with Crippen molar-refractivity contribution in [3.63, 3.8) is 0 Å². The second kappa shape index (κ2) is 6.57. The number of halogens is 3. The number of hydrogen-bond donors (Lipinski definition) is 2. The molecule has 0 saturated carbocycles. The fourth-order valence-electron chi connectivity index (χ4n) is 1.70. The van der Waals surface area contributed by atoms with Crippen molar-refractivity contribution < 1.29 is 27.5 Å². The van der Waals surface area contributed by atoms with E-state index in [0.29, 0.717) is 6.07 Å². The minimum atomic E-state index is -4.61. The molecule has 0 aliphatic rings. The lowest BCUT2D eigenvalue weighted by molar-refractivity contribution is -0.137. The lowest BCUT2D eigenvalue weighted by Crippen LogP contribution is -2.30. The van der Waals surface area contributed by atoms with Crippen LogP contribution in [0.4, 0.5) is 23.7 Å². The van der Waals surface area contributed by atoms with Gasteiger partial charge in [0.2, 0.25) is 0 Å². The number of benzene rings is 1. The van der Waals surface area contributed by atoms with Crippen LogP contribution < -0.4 is 11.1 Å². The molecule has 0 aliphatic heterocycles. The van der Waals surface area contributed by atoms with Crippen LogP contribution >= 0.6 is 0 Å².